The third-order valence-corrected chi connectivity index (χ3v) is 11.6. The molecule has 0 nitrogen and oxygen atoms in total. The van der Waals surface area contributed by atoms with E-state index in [0.717, 1.165) is 32.1 Å². The molecule has 5 radical (unpaired) electrons. The summed E-state index contributed by atoms with van der Waals surface area (Å²) in [4.78, 5) is 0. The highest BCUT2D eigenvalue weighted by atomic mass is 14.6. The SMILES string of the molecule is CCCCc1ccc([C]2[C](c3ccc(CCCC)cc3)[C](c3ccc(CCCC)cc3)[C](c3ccc(CCCC)cc3)[C]2c2ccc(CCCC)cc2)cc1. The van der Waals surface area contributed by atoms with Crippen LogP contribution in [-0.2, 0) is 32.1 Å². The lowest BCUT2D eigenvalue weighted by atomic mass is 9.74. The fourth-order valence-electron chi connectivity index (χ4n) is 8.16. The standard InChI is InChI=1S/C55H65/c1-6-11-16-41-21-31-46(32-22-41)51-52(47-33-23-42(24-34-47)17-12-7-2)54(49-37-27-44(28-38-49)19-14-9-4)55(50-39-29-45(30-40-50)20-15-10-5)53(51)48-35-25-43(26-36-48)18-13-8-3/h21-40H,6-20H2,1-5H3. The lowest BCUT2D eigenvalue weighted by molar-refractivity contribution is 0.794. The van der Waals surface area contributed by atoms with Crippen molar-refractivity contribution in [2.45, 2.75) is 131 Å². The smallest absolute Gasteiger partial charge is 0.0299 e. The van der Waals surface area contributed by atoms with Crippen molar-refractivity contribution in [1.82, 2.24) is 0 Å². The average Bonchev–Trinajstić information content (AvgIpc) is 3.59. The van der Waals surface area contributed by atoms with Crippen molar-refractivity contribution < 1.29 is 0 Å². The van der Waals surface area contributed by atoms with Gasteiger partial charge in [0, 0.05) is 29.6 Å². The van der Waals surface area contributed by atoms with Gasteiger partial charge < -0.3 is 0 Å². The Hall–Kier alpha value is -3.90. The summed E-state index contributed by atoms with van der Waals surface area (Å²) in [6.45, 7) is 11.4. The van der Waals surface area contributed by atoms with Gasteiger partial charge in [-0.25, -0.2) is 0 Å². The number of benzene rings is 5. The van der Waals surface area contributed by atoms with Crippen LogP contribution in [0, 0.1) is 29.6 Å². The molecular weight excluding hydrogens is 661 g/mol. The second-order valence-electron chi connectivity index (χ2n) is 15.9. The summed E-state index contributed by atoms with van der Waals surface area (Å²) < 4.78 is 0. The Kier molecular flexibility index (Phi) is 15.5. The second kappa shape index (κ2) is 20.9. The molecule has 285 valence electrons. The summed E-state index contributed by atoms with van der Waals surface area (Å²) >= 11 is 0. The molecule has 0 amide bonds. The minimum atomic E-state index is 1.13. The molecule has 0 heteroatoms. The van der Waals surface area contributed by atoms with Gasteiger partial charge in [-0.3, -0.25) is 0 Å². The van der Waals surface area contributed by atoms with E-state index in [-0.39, 0.29) is 0 Å². The molecule has 0 aliphatic heterocycles. The summed E-state index contributed by atoms with van der Waals surface area (Å²) in [6, 6.07) is 48.0. The summed E-state index contributed by atoms with van der Waals surface area (Å²) in [5, 5.41) is 0. The highest BCUT2D eigenvalue weighted by molar-refractivity contribution is 5.85. The van der Waals surface area contributed by atoms with E-state index in [4.69, 9.17) is 0 Å². The fourth-order valence-corrected chi connectivity index (χ4v) is 8.16. The van der Waals surface area contributed by atoms with Crippen LogP contribution < -0.4 is 0 Å². The molecule has 0 saturated heterocycles. The van der Waals surface area contributed by atoms with Crippen LogP contribution >= 0.6 is 0 Å². The van der Waals surface area contributed by atoms with Crippen LogP contribution in [0.3, 0.4) is 0 Å². The molecule has 0 bridgehead atoms. The van der Waals surface area contributed by atoms with E-state index in [2.05, 4.69) is 156 Å². The Morgan fingerprint density at radius 1 is 0.218 bits per heavy atom. The summed E-state index contributed by atoms with van der Waals surface area (Å²) in [5.41, 5.74) is 13.6. The molecule has 6 rings (SSSR count). The second-order valence-corrected chi connectivity index (χ2v) is 15.9. The van der Waals surface area contributed by atoms with Crippen molar-refractivity contribution in [2.75, 3.05) is 0 Å². The van der Waals surface area contributed by atoms with Crippen molar-refractivity contribution in [2.24, 2.45) is 0 Å². The van der Waals surface area contributed by atoms with Crippen LogP contribution in [0.2, 0.25) is 0 Å². The van der Waals surface area contributed by atoms with Crippen LogP contribution in [-0.4, -0.2) is 0 Å². The topological polar surface area (TPSA) is 0 Å². The number of rotatable bonds is 20. The van der Waals surface area contributed by atoms with Crippen molar-refractivity contribution in [3.05, 3.63) is 207 Å². The summed E-state index contributed by atoms with van der Waals surface area (Å²) in [5.74, 6) is 6.74. The number of unbranched alkanes of at least 4 members (excludes halogenated alkanes) is 5. The highest BCUT2D eigenvalue weighted by Crippen LogP contribution is 2.64. The van der Waals surface area contributed by atoms with E-state index in [1.165, 1.54) is 149 Å². The number of hydrogen-bond acceptors (Lipinski definition) is 0. The molecule has 0 aromatic heterocycles. The Morgan fingerprint density at radius 3 is 0.491 bits per heavy atom. The van der Waals surface area contributed by atoms with Gasteiger partial charge in [0.25, 0.3) is 0 Å². The highest BCUT2D eigenvalue weighted by Gasteiger charge is 2.55. The molecule has 1 aliphatic carbocycles. The Morgan fingerprint density at radius 2 is 0.364 bits per heavy atom. The van der Waals surface area contributed by atoms with Crippen molar-refractivity contribution in [3.63, 3.8) is 0 Å². The predicted octanol–water partition coefficient (Wildman–Crippen LogP) is 14.8. The molecule has 0 spiro atoms. The maximum absolute atomic E-state index is 2.41. The van der Waals surface area contributed by atoms with Gasteiger partial charge in [0.05, 0.1) is 0 Å². The Bertz CT molecular complexity index is 1480. The maximum atomic E-state index is 2.41. The van der Waals surface area contributed by atoms with Crippen LogP contribution in [0.25, 0.3) is 0 Å². The normalized spacial score (nSPS) is 14.6. The van der Waals surface area contributed by atoms with Gasteiger partial charge in [0.1, 0.15) is 0 Å². The van der Waals surface area contributed by atoms with Crippen LogP contribution in [0.5, 0.6) is 0 Å². The summed E-state index contributed by atoms with van der Waals surface area (Å²) in [6.07, 6.45) is 17.8. The zero-order valence-electron chi connectivity index (χ0n) is 34.7. The van der Waals surface area contributed by atoms with Gasteiger partial charge in [-0.2, -0.15) is 0 Å². The molecule has 0 atom stereocenters. The monoisotopic (exact) mass is 726 g/mol. The minimum absolute atomic E-state index is 1.13. The first kappa shape index (κ1) is 40.8. The van der Waals surface area contributed by atoms with Crippen LogP contribution in [0.4, 0.5) is 0 Å². The van der Waals surface area contributed by atoms with Crippen molar-refractivity contribution in [3.8, 4) is 0 Å². The zero-order chi connectivity index (χ0) is 38.4. The first-order valence-corrected chi connectivity index (χ1v) is 21.9. The molecule has 0 N–H and O–H groups in total. The lowest BCUT2D eigenvalue weighted by Crippen LogP contribution is -2.16. The maximum Gasteiger partial charge on any atom is 0.0299 e. The molecule has 1 saturated carbocycles. The van der Waals surface area contributed by atoms with E-state index in [1.54, 1.807) is 0 Å². The zero-order valence-corrected chi connectivity index (χ0v) is 34.7. The molecule has 5 aromatic carbocycles. The van der Waals surface area contributed by atoms with Crippen molar-refractivity contribution in [1.29, 1.82) is 0 Å². The van der Waals surface area contributed by atoms with Gasteiger partial charge >= 0.3 is 0 Å². The average molecular weight is 726 g/mol. The molecular formula is C55H65. The quantitative estimate of drug-likeness (QED) is 0.0749. The third-order valence-electron chi connectivity index (χ3n) is 11.6. The van der Waals surface area contributed by atoms with Gasteiger partial charge in [0.2, 0.25) is 0 Å². The van der Waals surface area contributed by atoms with E-state index >= 15 is 0 Å². The van der Waals surface area contributed by atoms with Gasteiger partial charge in [-0.1, -0.05) is 188 Å². The predicted molar refractivity (Wildman–Crippen MR) is 237 cm³/mol. The van der Waals surface area contributed by atoms with Gasteiger partial charge in [-0.05, 0) is 120 Å². The van der Waals surface area contributed by atoms with Gasteiger partial charge in [0.15, 0.2) is 0 Å². The fraction of sp³-hybridized carbons (Fsp3) is 0.364. The van der Waals surface area contributed by atoms with E-state index in [1.807, 2.05) is 0 Å². The van der Waals surface area contributed by atoms with E-state index < -0.39 is 0 Å². The van der Waals surface area contributed by atoms with Gasteiger partial charge in [-0.15, -0.1) is 0 Å². The Labute approximate surface area is 336 Å². The summed E-state index contributed by atoms with van der Waals surface area (Å²) in [7, 11) is 0. The molecule has 1 fully saturated rings. The van der Waals surface area contributed by atoms with Crippen LogP contribution in [0.15, 0.2) is 121 Å². The largest absolute Gasteiger partial charge is 0.0654 e. The third kappa shape index (κ3) is 10.3. The Balaban J connectivity index is 1.57. The van der Waals surface area contributed by atoms with E-state index in [0.29, 0.717) is 0 Å². The van der Waals surface area contributed by atoms with Crippen LogP contribution in [0.1, 0.15) is 154 Å². The first-order valence-electron chi connectivity index (χ1n) is 21.9. The van der Waals surface area contributed by atoms with E-state index in [9.17, 15) is 0 Å². The lowest BCUT2D eigenvalue weighted by Gasteiger charge is -2.27. The molecule has 0 unspecified atom stereocenters. The molecule has 55 heavy (non-hydrogen) atoms. The first-order chi connectivity index (χ1) is 27.1. The number of aryl methyl sites for hydroxylation is 5. The molecule has 0 heterocycles. The number of hydrogen-bond donors (Lipinski definition) is 0. The minimum Gasteiger partial charge on any atom is -0.0654 e. The molecule has 1 aliphatic rings. The van der Waals surface area contributed by atoms with Crippen molar-refractivity contribution >= 4 is 0 Å². The molecule has 5 aromatic rings.